The van der Waals surface area contributed by atoms with Gasteiger partial charge >= 0.3 is 6.18 Å². The molecular weight excluding hydrogens is 345 g/mol. The Kier molecular flexibility index (Phi) is 6.02. The summed E-state index contributed by atoms with van der Waals surface area (Å²) >= 11 is 0. The molecule has 0 spiro atoms. The van der Waals surface area contributed by atoms with Gasteiger partial charge in [0.1, 0.15) is 0 Å². The van der Waals surface area contributed by atoms with Crippen LogP contribution in [0.3, 0.4) is 0 Å². The summed E-state index contributed by atoms with van der Waals surface area (Å²) in [7, 11) is 0. The number of benzene rings is 2. The first-order valence-electron chi connectivity index (χ1n) is 7.98. The van der Waals surface area contributed by atoms with Gasteiger partial charge in [-0.15, -0.1) is 0 Å². The number of rotatable bonds is 5. The molecule has 2 aromatic rings. The second-order valence-corrected chi connectivity index (χ2v) is 5.93. The minimum atomic E-state index is -4.43. The van der Waals surface area contributed by atoms with Crippen molar-refractivity contribution in [3.8, 4) is 0 Å². The van der Waals surface area contributed by atoms with Gasteiger partial charge < -0.3 is 10.6 Å². The van der Waals surface area contributed by atoms with Gasteiger partial charge in [-0.05, 0) is 42.3 Å². The van der Waals surface area contributed by atoms with Gasteiger partial charge in [0.25, 0.3) is 5.91 Å². The molecule has 0 fully saturated rings. The Labute approximate surface area is 149 Å². The zero-order chi connectivity index (χ0) is 19.3. The van der Waals surface area contributed by atoms with Gasteiger partial charge in [-0.25, -0.2) is 0 Å². The molecule has 138 valence electrons. The Bertz CT molecular complexity index is 786. The fourth-order valence-corrected chi connectivity index (χ4v) is 2.35. The molecule has 0 bridgehead atoms. The highest BCUT2D eigenvalue weighted by molar-refractivity contribution is 5.94. The average molecular weight is 364 g/mol. The van der Waals surface area contributed by atoms with Gasteiger partial charge in [-0.2, -0.15) is 13.2 Å². The predicted molar refractivity (Wildman–Crippen MR) is 91.3 cm³/mol. The minimum Gasteiger partial charge on any atom is -0.352 e. The number of amides is 2. The van der Waals surface area contributed by atoms with Crippen molar-refractivity contribution in [1.82, 2.24) is 10.6 Å². The number of carbonyl (C=O) groups is 2. The van der Waals surface area contributed by atoms with E-state index in [1.54, 1.807) is 31.2 Å². The number of halogens is 3. The SMILES string of the molecule is CC(=O)NCc1ccc(C(=O)NC(C)c2cccc(C(F)(F)F)c2)cc1. The van der Waals surface area contributed by atoms with Crippen molar-refractivity contribution in [2.45, 2.75) is 32.6 Å². The maximum Gasteiger partial charge on any atom is 0.416 e. The summed E-state index contributed by atoms with van der Waals surface area (Å²) in [5.74, 6) is -0.539. The molecule has 0 saturated heterocycles. The standard InChI is InChI=1S/C19H19F3N2O2/c1-12(16-4-3-5-17(10-16)19(20,21)22)24-18(26)15-8-6-14(7-9-15)11-23-13(2)25/h3-10,12H,11H2,1-2H3,(H,23,25)(H,24,26). The molecule has 1 unspecified atom stereocenters. The summed E-state index contributed by atoms with van der Waals surface area (Å²) in [6.45, 7) is 3.40. The van der Waals surface area contributed by atoms with E-state index in [0.29, 0.717) is 17.7 Å². The fourth-order valence-electron chi connectivity index (χ4n) is 2.35. The van der Waals surface area contributed by atoms with E-state index in [9.17, 15) is 22.8 Å². The van der Waals surface area contributed by atoms with Crippen LogP contribution < -0.4 is 10.6 Å². The molecule has 0 aliphatic carbocycles. The molecule has 0 aromatic heterocycles. The molecule has 1 atom stereocenters. The molecule has 0 aliphatic heterocycles. The molecule has 0 aliphatic rings. The van der Waals surface area contributed by atoms with E-state index in [-0.39, 0.29) is 11.8 Å². The first kappa shape index (κ1) is 19.5. The van der Waals surface area contributed by atoms with Crippen molar-refractivity contribution in [3.05, 3.63) is 70.8 Å². The van der Waals surface area contributed by atoms with Crippen molar-refractivity contribution < 1.29 is 22.8 Å². The summed E-state index contributed by atoms with van der Waals surface area (Å²) in [4.78, 5) is 23.2. The monoisotopic (exact) mass is 364 g/mol. The molecule has 0 radical (unpaired) electrons. The topological polar surface area (TPSA) is 58.2 Å². The third-order valence-corrected chi connectivity index (χ3v) is 3.82. The summed E-state index contributed by atoms with van der Waals surface area (Å²) < 4.78 is 38.4. The van der Waals surface area contributed by atoms with Crippen molar-refractivity contribution >= 4 is 11.8 Å². The second kappa shape index (κ2) is 8.03. The third-order valence-electron chi connectivity index (χ3n) is 3.82. The average Bonchev–Trinajstić information content (AvgIpc) is 2.59. The van der Waals surface area contributed by atoms with E-state index in [1.807, 2.05) is 0 Å². The molecule has 0 saturated carbocycles. The van der Waals surface area contributed by atoms with Gasteiger partial charge in [0.05, 0.1) is 11.6 Å². The van der Waals surface area contributed by atoms with Crippen molar-refractivity contribution in [1.29, 1.82) is 0 Å². The van der Waals surface area contributed by atoms with E-state index in [1.165, 1.54) is 19.1 Å². The number of carbonyl (C=O) groups excluding carboxylic acids is 2. The molecule has 0 heterocycles. The molecule has 7 heteroatoms. The number of nitrogens with one attached hydrogen (secondary N) is 2. The van der Waals surface area contributed by atoms with Gasteiger partial charge in [0.2, 0.25) is 5.91 Å². The highest BCUT2D eigenvalue weighted by Crippen LogP contribution is 2.30. The van der Waals surface area contributed by atoms with Crippen LogP contribution in [0.2, 0.25) is 0 Å². The lowest BCUT2D eigenvalue weighted by atomic mass is 10.0. The highest BCUT2D eigenvalue weighted by atomic mass is 19.4. The Morgan fingerprint density at radius 2 is 1.73 bits per heavy atom. The molecule has 2 rings (SSSR count). The number of hydrogen-bond acceptors (Lipinski definition) is 2. The van der Waals surface area contributed by atoms with E-state index in [0.717, 1.165) is 17.7 Å². The maximum atomic E-state index is 12.8. The first-order valence-corrected chi connectivity index (χ1v) is 7.98. The van der Waals surface area contributed by atoms with Crippen LogP contribution in [0.4, 0.5) is 13.2 Å². The van der Waals surface area contributed by atoms with Gasteiger partial charge in [0.15, 0.2) is 0 Å². The molecule has 2 amide bonds. The Morgan fingerprint density at radius 1 is 1.08 bits per heavy atom. The first-order chi connectivity index (χ1) is 12.2. The third kappa shape index (κ3) is 5.34. The number of hydrogen-bond donors (Lipinski definition) is 2. The van der Waals surface area contributed by atoms with Crippen molar-refractivity contribution in [2.75, 3.05) is 0 Å². The predicted octanol–water partition coefficient (Wildman–Crippen LogP) is 3.83. The molecule has 2 N–H and O–H groups in total. The summed E-state index contributed by atoms with van der Waals surface area (Å²) in [6.07, 6.45) is -4.43. The van der Waals surface area contributed by atoms with E-state index < -0.39 is 17.8 Å². The Morgan fingerprint density at radius 3 is 2.31 bits per heavy atom. The maximum absolute atomic E-state index is 12.8. The van der Waals surface area contributed by atoms with E-state index >= 15 is 0 Å². The zero-order valence-corrected chi connectivity index (χ0v) is 14.4. The van der Waals surface area contributed by atoms with Crippen molar-refractivity contribution in [3.63, 3.8) is 0 Å². The van der Waals surface area contributed by atoms with Crippen LogP contribution >= 0.6 is 0 Å². The van der Waals surface area contributed by atoms with Crippen LogP contribution in [0.25, 0.3) is 0 Å². The molecule has 2 aromatic carbocycles. The summed E-state index contributed by atoms with van der Waals surface area (Å²) in [6, 6.07) is 10.9. The lowest BCUT2D eigenvalue weighted by molar-refractivity contribution is -0.137. The normalized spacial score (nSPS) is 12.3. The van der Waals surface area contributed by atoms with Gasteiger partial charge in [-0.3, -0.25) is 9.59 Å². The van der Waals surface area contributed by atoms with Crippen LogP contribution in [-0.4, -0.2) is 11.8 Å². The summed E-state index contributed by atoms with van der Waals surface area (Å²) in [5, 5.41) is 5.34. The zero-order valence-electron chi connectivity index (χ0n) is 14.4. The Hall–Kier alpha value is -2.83. The second-order valence-electron chi connectivity index (χ2n) is 5.93. The van der Waals surface area contributed by atoms with E-state index in [4.69, 9.17) is 0 Å². The smallest absolute Gasteiger partial charge is 0.352 e. The quantitative estimate of drug-likeness (QED) is 0.847. The van der Waals surface area contributed by atoms with Crippen LogP contribution in [-0.2, 0) is 17.5 Å². The van der Waals surface area contributed by atoms with Crippen LogP contribution in [0, 0.1) is 0 Å². The van der Waals surface area contributed by atoms with Crippen LogP contribution in [0.1, 0.15) is 46.9 Å². The highest BCUT2D eigenvalue weighted by Gasteiger charge is 2.30. The Balaban J connectivity index is 2.04. The van der Waals surface area contributed by atoms with Crippen molar-refractivity contribution in [2.24, 2.45) is 0 Å². The van der Waals surface area contributed by atoms with Gasteiger partial charge in [-0.1, -0.05) is 24.3 Å². The number of alkyl halides is 3. The lowest BCUT2D eigenvalue weighted by Gasteiger charge is -2.16. The molecule has 26 heavy (non-hydrogen) atoms. The largest absolute Gasteiger partial charge is 0.416 e. The summed E-state index contributed by atoms with van der Waals surface area (Å²) in [5.41, 5.74) is 0.840. The minimum absolute atomic E-state index is 0.151. The molecular formula is C19H19F3N2O2. The lowest BCUT2D eigenvalue weighted by Crippen LogP contribution is -2.27. The van der Waals surface area contributed by atoms with Crippen LogP contribution in [0.15, 0.2) is 48.5 Å². The fraction of sp³-hybridized carbons (Fsp3) is 0.263. The van der Waals surface area contributed by atoms with E-state index in [2.05, 4.69) is 10.6 Å². The van der Waals surface area contributed by atoms with Gasteiger partial charge in [0, 0.05) is 19.0 Å². The molecule has 4 nitrogen and oxygen atoms in total. The van der Waals surface area contributed by atoms with Crippen LogP contribution in [0.5, 0.6) is 0 Å².